The van der Waals surface area contributed by atoms with Crippen molar-refractivity contribution < 1.29 is 13.2 Å². The second-order valence-corrected chi connectivity index (χ2v) is 4.59. The minimum absolute atomic E-state index is 0.0697. The number of hydrazine groups is 1. The van der Waals surface area contributed by atoms with Crippen molar-refractivity contribution in [2.75, 3.05) is 0 Å². The van der Waals surface area contributed by atoms with Crippen molar-refractivity contribution in [3.8, 4) is 0 Å². The number of nitrogens with zero attached hydrogens (tertiary/aromatic N) is 1. The molecular formula is C12H9BrF3N3. The molecule has 0 radical (unpaired) electrons. The van der Waals surface area contributed by atoms with E-state index in [0.29, 0.717) is 11.1 Å². The first-order valence-corrected chi connectivity index (χ1v) is 6.04. The van der Waals surface area contributed by atoms with Crippen molar-refractivity contribution in [2.24, 2.45) is 5.84 Å². The maximum Gasteiger partial charge on any atom is 0.173 e. The van der Waals surface area contributed by atoms with Crippen molar-refractivity contribution in [1.82, 2.24) is 10.4 Å². The van der Waals surface area contributed by atoms with Gasteiger partial charge in [-0.3, -0.25) is 10.8 Å². The first kappa shape index (κ1) is 14.0. The van der Waals surface area contributed by atoms with E-state index in [-0.39, 0.29) is 4.47 Å². The topological polar surface area (TPSA) is 50.9 Å². The Balaban J connectivity index is 2.51. The van der Waals surface area contributed by atoms with Gasteiger partial charge in [-0.2, -0.15) is 0 Å². The highest BCUT2D eigenvalue weighted by Gasteiger charge is 2.20. The first-order valence-electron chi connectivity index (χ1n) is 5.24. The van der Waals surface area contributed by atoms with Crippen LogP contribution < -0.4 is 11.3 Å². The van der Waals surface area contributed by atoms with Crippen LogP contribution in [0.3, 0.4) is 0 Å². The predicted molar refractivity (Wildman–Crippen MR) is 67.4 cm³/mol. The zero-order valence-corrected chi connectivity index (χ0v) is 11.1. The Morgan fingerprint density at radius 2 is 1.95 bits per heavy atom. The maximum atomic E-state index is 13.5. The summed E-state index contributed by atoms with van der Waals surface area (Å²) < 4.78 is 39.6. The lowest BCUT2D eigenvalue weighted by Crippen LogP contribution is -2.29. The second kappa shape index (κ2) is 5.68. The van der Waals surface area contributed by atoms with Gasteiger partial charge in [-0.05, 0) is 39.2 Å². The summed E-state index contributed by atoms with van der Waals surface area (Å²) in [5, 5.41) is 0. The van der Waals surface area contributed by atoms with Gasteiger partial charge >= 0.3 is 0 Å². The van der Waals surface area contributed by atoms with Crippen molar-refractivity contribution in [3.05, 3.63) is 63.6 Å². The molecule has 1 aromatic heterocycles. The minimum Gasteiger partial charge on any atom is -0.271 e. The fourth-order valence-corrected chi connectivity index (χ4v) is 2.27. The molecule has 0 spiro atoms. The van der Waals surface area contributed by atoms with Crippen LogP contribution in [0.4, 0.5) is 13.2 Å². The Morgan fingerprint density at radius 3 is 2.58 bits per heavy atom. The highest BCUT2D eigenvalue weighted by molar-refractivity contribution is 9.10. The average Bonchev–Trinajstić information content (AvgIpc) is 2.40. The molecule has 0 aliphatic carbocycles. The third-order valence-corrected chi connectivity index (χ3v) is 3.41. The lowest BCUT2D eigenvalue weighted by molar-refractivity contribution is 0.498. The van der Waals surface area contributed by atoms with Gasteiger partial charge in [-0.1, -0.05) is 6.07 Å². The van der Waals surface area contributed by atoms with Crippen LogP contribution in [-0.4, -0.2) is 4.98 Å². The van der Waals surface area contributed by atoms with E-state index in [0.717, 1.165) is 12.3 Å². The van der Waals surface area contributed by atoms with Gasteiger partial charge in [0.05, 0.1) is 16.7 Å². The number of hydrogen-bond acceptors (Lipinski definition) is 3. The summed E-state index contributed by atoms with van der Waals surface area (Å²) in [7, 11) is 0. The molecule has 2 aromatic rings. The molecular weight excluding hydrogens is 323 g/mol. The largest absolute Gasteiger partial charge is 0.271 e. The fraction of sp³-hybridized carbons (Fsp3) is 0.0833. The highest BCUT2D eigenvalue weighted by atomic mass is 79.9. The van der Waals surface area contributed by atoms with Gasteiger partial charge in [0.15, 0.2) is 11.6 Å². The van der Waals surface area contributed by atoms with Crippen molar-refractivity contribution in [1.29, 1.82) is 0 Å². The molecule has 0 aliphatic rings. The Bertz CT molecular complexity index is 607. The molecule has 0 amide bonds. The molecule has 3 nitrogen and oxygen atoms in total. The fourth-order valence-electron chi connectivity index (χ4n) is 1.72. The van der Waals surface area contributed by atoms with Crippen LogP contribution in [-0.2, 0) is 0 Å². The number of nitrogens with two attached hydrogens (primary N) is 1. The Morgan fingerprint density at radius 1 is 1.21 bits per heavy atom. The molecule has 1 aromatic carbocycles. The molecule has 1 heterocycles. The average molecular weight is 332 g/mol. The number of benzene rings is 1. The zero-order valence-electron chi connectivity index (χ0n) is 9.50. The van der Waals surface area contributed by atoms with Gasteiger partial charge in [0.1, 0.15) is 5.82 Å². The number of pyridine rings is 1. The lowest BCUT2D eigenvalue weighted by atomic mass is 10.0. The summed E-state index contributed by atoms with van der Waals surface area (Å²) in [5.41, 5.74) is 3.16. The van der Waals surface area contributed by atoms with Crippen LogP contribution in [0.1, 0.15) is 17.2 Å². The van der Waals surface area contributed by atoms with Gasteiger partial charge in [-0.15, -0.1) is 0 Å². The summed E-state index contributed by atoms with van der Waals surface area (Å²) >= 11 is 2.96. The maximum absolute atomic E-state index is 13.5. The first-order chi connectivity index (χ1) is 9.04. The van der Waals surface area contributed by atoms with E-state index in [2.05, 4.69) is 26.3 Å². The van der Waals surface area contributed by atoms with Gasteiger partial charge in [0.2, 0.25) is 0 Å². The summed E-state index contributed by atoms with van der Waals surface area (Å²) in [6, 6.07) is 2.84. The molecule has 7 heteroatoms. The van der Waals surface area contributed by atoms with E-state index in [1.54, 1.807) is 0 Å². The number of halogens is 4. The summed E-state index contributed by atoms with van der Waals surface area (Å²) in [6.07, 6.45) is 2.43. The normalized spacial score (nSPS) is 12.5. The number of nitrogens with one attached hydrogen (secondary N) is 1. The van der Waals surface area contributed by atoms with E-state index in [1.165, 1.54) is 18.3 Å². The molecule has 0 bridgehead atoms. The van der Waals surface area contributed by atoms with E-state index < -0.39 is 23.5 Å². The molecule has 0 aliphatic heterocycles. The van der Waals surface area contributed by atoms with Crippen LogP contribution in [0.2, 0.25) is 0 Å². The predicted octanol–water partition coefficient (Wildman–Crippen LogP) is 2.81. The third-order valence-electron chi connectivity index (χ3n) is 2.60. The quantitative estimate of drug-likeness (QED) is 0.516. The van der Waals surface area contributed by atoms with Crippen LogP contribution in [0.15, 0.2) is 35.1 Å². The summed E-state index contributed by atoms with van der Waals surface area (Å²) in [6.45, 7) is 0. The van der Waals surface area contributed by atoms with Gasteiger partial charge in [0, 0.05) is 6.20 Å². The van der Waals surface area contributed by atoms with Crippen molar-refractivity contribution in [2.45, 2.75) is 6.04 Å². The Labute approximate surface area is 115 Å². The van der Waals surface area contributed by atoms with Crippen molar-refractivity contribution in [3.63, 3.8) is 0 Å². The van der Waals surface area contributed by atoms with Crippen LogP contribution in [0.5, 0.6) is 0 Å². The number of aromatic nitrogens is 1. The monoisotopic (exact) mass is 331 g/mol. The van der Waals surface area contributed by atoms with Crippen LogP contribution in [0, 0.1) is 17.5 Å². The lowest BCUT2D eigenvalue weighted by Gasteiger charge is -2.18. The molecule has 3 N–H and O–H groups in total. The SMILES string of the molecule is NNC(c1cncc(F)c1)c1ccc(F)c(F)c1Br. The van der Waals surface area contributed by atoms with Crippen molar-refractivity contribution >= 4 is 15.9 Å². The molecule has 19 heavy (non-hydrogen) atoms. The summed E-state index contributed by atoms with van der Waals surface area (Å²) in [5.74, 6) is 2.85. The molecule has 100 valence electrons. The van der Waals surface area contributed by atoms with Crippen LogP contribution in [0.25, 0.3) is 0 Å². The standard InChI is InChI=1S/C12H9BrF3N3/c13-10-8(1-2-9(15)11(10)16)12(19-17)6-3-7(14)5-18-4-6/h1-5,12,19H,17H2. The summed E-state index contributed by atoms with van der Waals surface area (Å²) in [4.78, 5) is 3.69. The minimum atomic E-state index is -1.03. The third kappa shape index (κ3) is 2.78. The molecule has 1 unspecified atom stereocenters. The molecule has 2 rings (SSSR count). The Hall–Kier alpha value is -1.44. The molecule has 0 fully saturated rings. The smallest absolute Gasteiger partial charge is 0.173 e. The highest BCUT2D eigenvalue weighted by Crippen LogP contribution is 2.31. The van der Waals surface area contributed by atoms with Gasteiger partial charge in [0.25, 0.3) is 0 Å². The molecule has 0 saturated carbocycles. The van der Waals surface area contributed by atoms with Gasteiger partial charge < -0.3 is 0 Å². The molecule has 0 saturated heterocycles. The van der Waals surface area contributed by atoms with Crippen LogP contribution >= 0.6 is 15.9 Å². The van der Waals surface area contributed by atoms with E-state index in [9.17, 15) is 13.2 Å². The van der Waals surface area contributed by atoms with E-state index in [1.807, 2.05) is 0 Å². The van der Waals surface area contributed by atoms with E-state index in [4.69, 9.17) is 5.84 Å². The number of rotatable bonds is 3. The molecule has 1 atom stereocenters. The number of hydrogen-bond donors (Lipinski definition) is 2. The second-order valence-electron chi connectivity index (χ2n) is 3.80. The zero-order chi connectivity index (χ0) is 14.0. The Kier molecular flexibility index (Phi) is 4.18. The van der Waals surface area contributed by atoms with E-state index >= 15 is 0 Å². The van der Waals surface area contributed by atoms with Gasteiger partial charge in [-0.25, -0.2) is 18.6 Å².